The minimum absolute atomic E-state index is 0.235. The van der Waals surface area contributed by atoms with Crippen molar-refractivity contribution in [1.29, 1.82) is 0 Å². The number of nitrogens with zero attached hydrogens (tertiary/aromatic N) is 1. The molecule has 2 rings (SSSR count). The van der Waals surface area contributed by atoms with Crippen molar-refractivity contribution in [2.75, 3.05) is 12.3 Å². The number of pyridine rings is 1. The molecule has 0 unspecified atom stereocenters. The van der Waals surface area contributed by atoms with Gasteiger partial charge < -0.3 is 15.8 Å². The number of anilines is 1. The second-order valence-corrected chi connectivity index (χ2v) is 5.21. The number of aryl methyl sites for hydroxylation is 1. The Bertz CT molecular complexity index is 776. The highest BCUT2D eigenvalue weighted by atomic mass is 16.5. The molecule has 0 aliphatic carbocycles. The third-order valence-corrected chi connectivity index (χ3v) is 3.27. The molecule has 0 fully saturated rings. The smallest absolute Gasteiger partial charge is 0.255 e. The molecule has 24 heavy (non-hydrogen) atoms. The lowest BCUT2D eigenvalue weighted by molar-refractivity contribution is 0.0951. The van der Waals surface area contributed by atoms with Crippen molar-refractivity contribution >= 4 is 11.7 Å². The van der Waals surface area contributed by atoms with Crippen LogP contribution in [-0.2, 0) is 6.54 Å². The number of carbonyl (C=O) groups is 1. The summed E-state index contributed by atoms with van der Waals surface area (Å²) in [5.41, 5.74) is 7.88. The number of benzene rings is 1. The number of nitrogen functional groups attached to an aromatic ring is 1. The summed E-state index contributed by atoms with van der Waals surface area (Å²) in [6.45, 7) is 4.56. The molecule has 3 N–H and O–H groups in total. The summed E-state index contributed by atoms with van der Waals surface area (Å²) < 4.78 is 5.56. The molecular formula is C19H21N3O2. The maximum Gasteiger partial charge on any atom is 0.255 e. The quantitative estimate of drug-likeness (QED) is 0.829. The van der Waals surface area contributed by atoms with Gasteiger partial charge in [0.25, 0.3) is 5.91 Å². The van der Waals surface area contributed by atoms with Gasteiger partial charge in [-0.2, -0.15) is 0 Å². The Morgan fingerprint density at radius 1 is 1.29 bits per heavy atom. The normalized spacial score (nSPS) is 9.75. The van der Waals surface area contributed by atoms with Crippen molar-refractivity contribution in [3.8, 4) is 17.6 Å². The van der Waals surface area contributed by atoms with Crippen LogP contribution >= 0.6 is 0 Å². The molecule has 0 atom stereocenters. The minimum atomic E-state index is -0.250. The second kappa shape index (κ2) is 8.59. The first-order chi connectivity index (χ1) is 11.6. The SMILES string of the molecule is CCC#CCOc1cccc(CNC(=O)c2ccc(C)nc2N)c1. The first kappa shape index (κ1) is 17.4. The number of hydrogen-bond acceptors (Lipinski definition) is 4. The van der Waals surface area contributed by atoms with E-state index in [4.69, 9.17) is 10.5 Å². The maximum atomic E-state index is 12.2. The lowest BCUT2D eigenvalue weighted by Gasteiger charge is -2.09. The first-order valence-corrected chi connectivity index (χ1v) is 7.79. The van der Waals surface area contributed by atoms with E-state index in [-0.39, 0.29) is 11.7 Å². The molecule has 5 nitrogen and oxygen atoms in total. The summed E-state index contributed by atoms with van der Waals surface area (Å²) >= 11 is 0. The van der Waals surface area contributed by atoms with Gasteiger partial charge in [-0.1, -0.05) is 25.0 Å². The van der Waals surface area contributed by atoms with Crippen LogP contribution < -0.4 is 15.8 Å². The second-order valence-electron chi connectivity index (χ2n) is 5.21. The van der Waals surface area contributed by atoms with E-state index in [1.165, 1.54) is 0 Å². The number of carbonyl (C=O) groups excluding carboxylic acids is 1. The average molecular weight is 323 g/mol. The van der Waals surface area contributed by atoms with Crippen LogP contribution in [0.5, 0.6) is 5.75 Å². The van der Waals surface area contributed by atoms with Crippen LogP contribution in [0.1, 0.15) is 35.0 Å². The number of nitrogens with two attached hydrogens (primary N) is 1. The van der Waals surface area contributed by atoms with Crippen LogP contribution in [-0.4, -0.2) is 17.5 Å². The van der Waals surface area contributed by atoms with Gasteiger partial charge >= 0.3 is 0 Å². The molecule has 1 amide bonds. The van der Waals surface area contributed by atoms with Crippen molar-refractivity contribution < 1.29 is 9.53 Å². The van der Waals surface area contributed by atoms with Crippen LogP contribution in [0.3, 0.4) is 0 Å². The fraction of sp³-hybridized carbons (Fsp3) is 0.263. The Morgan fingerprint density at radius 2 is 2.12 bits per heavy atom. The number of hydrogen-bond donors (Lipinski definition) is 2. The average Bonchev–Trinajstić information content (AvgIpc) is 2.57. The third-order valence-electron chi connectivity index (χ3n) is 3.27. The zero-order chi connectivity index (χ0) is 17.4. The predicted molar refractivity (Wildman–Crippen MR) is 94.6 cm³/mol. The van der Waals surface area contributed by atoms with Crippen molar-refractivity contribution in [1.82, 2.24) is 10.3 Å². The van der Waals surface area contributed by atoms with Gasteiger partial charge in [0.15, 0.2) is 0 Å². The molecule has 0 saturated carbocycles. The Morgan fingerprint density at radius 3 is 2.88 bits per heavy atom. The molecule has 1 aromatic carbocycles. The third kappa shape index (κ3) is 5.03. The zero-order valence-corrected chi connectivity index (χ0v) is 13.9. The van der Waals surface area contributed by atoms with Crippen molar-refractivity contribution in [2.24, 2.45) is 0 Å². The molecule has 5 heteroatoms. The molecule has 2 aromatic rings. The molecule has 0 saturated heterocycles. The van der Waals surface area contributed by atoms with E-state index in [1.54, 1.807) is 12.1 Å². The van der Waals surface area contributed by atoms with E-state index in [0.29, 0.717) is 18.7 Å². The summed E-state index contributed by atoms with van der Waals surface area (Å²) in [5, 5.41) is 2.84. The lowest BCUT2D eigenvalue weighted by atomic mass is 10.2. The van der Waals surface area contributed by atoms with Gasteiger partial charge in [-0.05, 0) is 36.8 Å². The molecule has 124 valence electrons. The van der Waals surface area contributed by atoms with Gasteiger partial charge in [-0.15, -0.1) is 5.92 Å². The Labute approximate surface area is 142 Å². The van der Waals surface area contributed by atoms with Crippen LogP contribution in [0, 0.1) is 18.8 Å². The molecule has 0 bridgehead atoms. The van der Waals surface area contributed by atoms with Gasteiger partial charge in [-0.25, -0.2) is 4.98 Å². The minimum Gasteiger partial charge on any atom is -0.481 e. The van der Waals surface area contributed by atoms with Crippen molar-refractivity contribution in [3.05, 3.63) is 53.2 Å². The standard InChI is InChI=1S/C19H21N3O2/c1-3-4-5-11-24-16-8-6-7-15(12-16)13-21-19(23)17-10-9-14(2)22-18(17)20/h6-10,12H,3,11,13H2,1-2H3,(H2,20,22)(H,21,23). The van der Waals surface area contributed by atoms with Crippen molar-refractivity contribution in [2.45, 2.75) is 26.8 Å². The summed E-state index contributed by atoms with van der Waals surface area (Å²) in [6, 6.07) is 11.0. The van der Waals surface area contributed by atoms with E-state index in [0.717, 1.165) is 23.4 Å². The predicted octanol–water partition coefficient (Wildman–Crippen LogP) is 2.69. The van der Waals surface area contributed by atoms with Gasteiger partial charge in [0.05, 0.1) is 5.56 Å². The highest BCUT2D eigenvalue weighted by Gasteiger charge is 2.10. The molecule has 0 aliphatic rings. The number of nitrogens with one attached hydrogen (secondary N) is 1. The largest absolute Gasteiger partial charge is 0.481 e. The Hall–Kier alpha value is -3.00. The summed E-state index contributed by atoms with van der Waals surface area (Å²) in [4.78, 5) is 16.3. The number of aromatic nitrogens is 1. The van der Waals surface area contributed by atoms with Gasteiger partial charge in [0.2, 0.25) is 0 Å². The zero-order valence-electron chi connectivity index (χ0n) is 13.9. The van der Waals surface area contributed by atoms with Gasteiger partial charge in [-0.3, -0.25) is 4.79 Å². The number of rotatable bonds is 5. The molecule has 0 radical (unpaired) electrons. The van der Waals surface area contributed by atoms with Crippen LogP contribution in [0.15, 0.2) is 36.4 Å². The summed E-state index contributed by atoms with van der Waals surface area (Å²) in [7, 11) is 0. The van der Waals surface area contributed by atoms with Crippen LogP contribution in [0.2, 0.25) is 0 Å². The van der Waals surface area contributed by atoms with E-state index in [1.807, 2.05) is 38.1 Å². The fourth-order valence-electron chi connectivity index (χ4n) is 2.09. The fourth-order valence-corrected chi connectivity index (χ4v) is 2.09. The molecule has 0 spiro atoms. The summed E-state index contributed by atoms with van der Waals surface area (Å²) in [6.07, 6.45) is 0.812. The lowest BCUT2D eigenvalue weighted by Crippen LogP contribution is -2.24. The van der Waals surface area contributed by atoms with E-state index in [2.05, 4.69) is 22.1 Å². The molecular weight excluding hydrogens is 302 g/mol. The maximum absolute atomic E-state index is 12.2. The topological polar surface area (TPSA) is 77.2 Å². The molecule has 1 aromatic heterocycles. The Kier molecular flexibility index (Phi) is 6.21. The van der Waals surface area contributed by atoms with Crippen LogP contribution in [0.4, 0.5) is 5.82 Å². The molecule has 0 aliphatic heterocycles. The van der Waals surface area contributed by atoms with Gasteiger partial charge in [0.1, 0.15) is 18.2 Å². The van der Waals surface area contributed by atoms with Crippen LogP contribution in [0.25, 0.3) is 0 Å². The van der Waals surface area contributed by atoms with E-state index in [9.17, 15) is 4.79 Å². The van der Waals surface area contributed by atoms with Gasteiger partial charge in [0, 0.05) is 18.7 Å². The summed E-state index contributed by atoms with van der Waals surface area (Å²) in [5.74, 6) is 6.58. The number of ether oxygens (including phenoxy) is 1. The Balaban J connectivity index is 1.95. The first-order valence-electron chi connectivity index (χ1n) is 7.79. The monoisotopic (exact) mass is 323 g/mol. The highest BCUT2D eigenvalue weighted by molar-refractivity contribution is 5.98. The molecule has 1 heterocycles. The van der Waals surface area contributed by atoms with Crippen molar-refractivity contribution in [3.63, 3.8) is 0 Å². The highest BCUT2D eigenvalue weighted by Crippen LogP contribution is 2.14. The van der Waals surface area contributed by atoms with E-state index < -0.39 is 0 Å². The van der Waals surface area contributed by atoms with E-state index >= 15 is 0 Å². The number of amides is 1.